The van der Waals surface area contributed by atoms with Gasteiger partial charge in [-0.3, -0.25) is 0 Å². The summed E-state index contributed by atoms with van der Waals surface area (Å²) in [5, 5.41) is 0. The second-order valence-electron chi connectivity index (χ2n) is 14.3. The number of hydrogen-bond acceptors (Lipinski definition) is 3. The van der Waals surface area contributed by atoms with E-state index in [2.05, 4.69) is 169 Å². The van der Waals surface area contributed by atoms with Crippen molar-refractivity contribution in [2.75, 3.05) is 0 Å². The Morgan fingerprint density at radius 2 is 0.789 bits per heavy atom. The van der Waals surface area contributed by atoms with Crippen molar-refractivity contribution >= 4 is 5.69 Å². The van der Waals surface area contributed by atoms with Crippen molar-refractivity contribution in [3.8, 4) is 67.5 Å². The Morgan fingerprint density at radius 3 is 1.40 bits per heavy atom. The Labute approximate surface area is 332 Å². The molecule has 0 aliphatic heterocycles. The van der Waals surface area contributed by atoms with Crippen LogP contribution in [0.25, 0.3) is 72.4 Å². The highest BCUT2D eigenvalue weighted by Gasteiger charge is 2.46. The molecule has 0 atom stereocenters. The molecule has 57 heavy (non-hydrogen) atoms. The van der Waals surface area contributed by atoms with E-state index >= 15 is 0 Å². The number of aromatic nitrogens is 3. The first kappa shape index (κ1) is 33.8. The first-order valence-electron chi connectivity index (χ1n) is 19.1. The van der Waals surface area contributed by atoms with E-state index in [1.807, 2.05) is 42.5 Å². The van der Waals surface area contributed by atoms with Crippen LogP contribution in [0.1, 0.15) is 22.3 Å². The number of nitrogens with zero attached hydrogens (tertiary/aromatic N) is 4. The molecule has 0 N–H and O–H groups in total. The van der Waals surface area contributed by atoms with Crippen LogP contribution in [0.5, 0.6) is 0 Å². The summed E-state index contributed by atoms with van der Waals surface area (Å²) >= 11 is 0. The lowest BCUT2D eigenvalue weighted by Gasteiger charge is -2.34. The summed E-state index contributed by atoms with van der Waals surface area (Å²) in [5.74, 6) is 1.87. The highest BCUT2D eigenvalue weighted by atomic mass is 15.0. The van der Waals surface area contributed by atoms with Crippen LogP contribution in [0, 0.1) is 6.57 Å². The second-order valence-corrected chi connectivity index (χ2v) is 14.3. The van der Waals surface area contributed by atoms with E-state index in [0.717, 1.165) is 50.1 Å². The fourth-order valence-electron chi connectivity index (χ4n) is 8.36. The molecular formula is C53H34N4. The lowest BCUT2D eigenvalue weighted by Crippen LogP contribution is -2.28. The molecule has 0 radical (unpaired) electrons. The van der Waals surface area contributed by atoms with Crippen LogP contribution in [0.15, 0.2) is 206 Å². The molecule has 1 aliphatic rings. The minimum Gasteiger partial charge on any atom is -0.238 e. The molecule has 1 aliphatic carbocycles. The third-order valence-corrected chi connectivity index (χ3v) is 11.0. The van der Waals surface area contributed by atoms with Gasteiger partial charge in [-0.2, -0.15) is 0 Å². The maximum absolute atomic E-state index is 7.90. The Kier molecular flexibility index (Phi) is 8.39. The van der Waals surface area contributed by atoms with Crippen LogP contribution in [0.2, 0.25) is 0 Å². The standard InChI is InChI=1S/C53H34N4/c1-54-45-30-31-46-47-34-41(29-32-48(47)53(49(46)35-45,43-21-10-4-11-22-43)44-23-12-5-13-24-44)37-25-27-39(28-26-37)51-55-50(38-17-8-3-9-18-38)56-52(57-51)42-20-14-19-40(33-42)36-15-6-2-7-16-36/h2-35H. The Bertz CT molecular complexity index is 2900. The van der Waals surface area contributed by atoms with Crippen molar-refractivity contribution in [1.29, 1.82) is 0 Å². The molecule has 1 aromatic heterocycles. The van der Waals surface area contributed by atoms with Crippen LogP contribution in [-0.2, 0) is 5.41 Å². The van der Waals surface area contributed by atoms with Crippen molar-refractivity contribution in [2.45, 2.75) is 5.41 Å². The van der Waals surface area contributed by atoms with Crippen LogP contribution < -0.4 is 0 Å². The minimum atomic E-state index is -0.566. The number of fused-ring (bicyclic) bond motifs is 3. The number of hydrogen-bond donors (Lipinski definition) is 0. The van der Waals surface area contributed by atoms with Gasteiger partial charge in [0.05, 0.1) is 12.0 Å². The summed E-state index contributed by atoms with van der Waals surface area (Å²) in [6.07, 6.45) is 0. The van der Waals surface area contributed by atoms with Gasteiger partial charge in [0.15, 0.2) is 23.2 Å². The highest BCUT2D eigenvalue weighted by molar-refractivity contribution is 5.90. The van der Waals surface area contributed by atoms with E-state index in [1.54, 1.807) is 0 Å². The van der Waals surface area contributed by atoms with E-state index in [4.69, 9.17) is 21.5 Å². The van der Waals surface area contributed by atoms with Crippen LogP contribution in [0.3, 0.4) is 0 Å². The minimum absolute atomic E-state index is 0.566. The van der Waals surface area contributed by atoms with Gasteiger partial charge in [0, 0.05) is 16.7 Å². The van der Waals surface area contributed by atoms with E-state index in [1.165, 1.54) is 22.3 Å². The summed E-state index contributed by atoms with van der Waals surface area (Å²) in [7, 11) is 0. The van der Waals surface area contributed by atoms with Crippen molar-refractivity contribution in [2.24, 2.45) is 0 Å². The molecule has 4 heteroatoms. The van der Waals surface area contributed by atoms with E-state index in [0.29, 0.717) is 23.2 Å². The fraction of sp³-hybridized carbons (Fsp3) is 0.0189. The van der Waals surface area contributed by atoms with Gasteiger partial charge in [-0.05, 0) is 67.8 Å². The molecular weight excluding hydrogens is 693 g/mol. The van der Waals surface area contributed by atoms with Gasteiger partial charge in [-0.1, -0.05) is 194 Å². The molecule has 0 spiro atoms. The maximum atomic E-state index is 7.90. The van der Waals surface area contributed by atoms with Gasteiger partial charge < -0.3 is 0 Å². The number of rotatable bonds is 7. The topological polar surface area (TPSA) is 43.0 Å². The molecule has 1 heterocycles. The lowest BCUT2D eigenvalue weighted by atomic mass is 9.67. The Hall–Kier alpha value is -7.74. The monoisotopic (exact) mass is 726 g/mol. The maximum Gasteiger partial charge on any atom is 0.187 e. The highest BCUT2D eigenvalue weighted by Crippen LogP contribution is 2.57. The second kappa shape index (κ2) is 14.2. The van der Waals surface area contributed by atoms with E-state index < -0.39 is 5.41 Å². The van der Waals surface area contributed by atoms with Crippen LogP contribution >= 0.6 is 0 Å². The average Bonchev–Trinajstić information content (AvgIpc) is 3.59. The third kappa shape index (κ3) is 5.90. The molecule has 9 aromatic rings. The predicted molar refractivity (Wildman–Crippen MR) is 231 cm³/mol. The first-order chi connectivity index (χ1) is 28.2. The van der Waals surface area contributed by atoms with Crippen LogP contribution in [-0.4, -0.2) is 15.0 Å². The molecule has 10 rings (SSSR count). The molecule has 0 unspecified atom stereocenters. The zero-order chi connectivity index (χ0) is 38.2. The summed E-state index contributed by atoms with van der Waals surface area (Å²) in [6.45, 7) is 7.90. The van der Waals surface area contributed by atoms with Crippen molar-refractivity contribution in [3.05, 3.63) is 240 Å². The molecule has 0 bridgehead atoms. The van der Waals surface area contributed by atoms with Gasteiger partial charge in [0.25, 0.3) is 0 Å². The molecule has 4 nitrogen and oxygen atoms in total. The largest absolute Gasteiger partial charge is 0.238 e. The van der Waals surface area contributed by atoms with Crippen LogP contribution in [0.4, 0.5) is 5.69 Å². The third-order valence-electron chi connectivity index (χ3n) is 11.0. The van der Waals surface area contributed by atoms with Gasteiger partial charge in [0.2, 0.25) is 0 Å². The molecule has 8 aromatic carbocycles. The number of benzene rings is 8. The van der Waals surface area contributed by atoms with Crippen molar-refractivity contribution < 1.29 is 0 Å². The van der Waals surface area contributed by atoms with Gasteiger partial charge in [-0.15, -0.1) is 0 Å². The van der Waals surface area contributed by atoms with Gasteiger partial charge >= 0.3 is 0 Å². The van der Waals surface area contributed by atoms with Gasteiger partial charge in [-0.25, -0.2) is 19.8 Å². The Balaban J connectivity index is 1.07. The predicted octanol–water partition coefficient (Wildman–Crippen LogP) is 13.1. The van der Waals surface area contributed by atoms with E-state index in [-0.39, 0.29) is 0 Å². The summed E-state index contributed by atoms with van der Waals surface area (Å²) < 4.78 is 0. The smallest absolute Gasteiger partial charge is 0.187 e. The molecule has 266 valence electrons. The quantitative estimate of drug-likeness (QED) is 0.154. The lowest BCUT2D eigenvalue weighted by molar-refractivity contribution is 0.769. The Morgan fingerprint density at radius 1 is 0.333 bits per heavy atom. The van der Waals surface area contributed by atoms with E-state index in [9.17, 15) is 0 Å². The van der Waals surface area contributed by atoms with Crippen molar-refractivity contribution in [3.63, 3.8) is 0 Å². The molecule has 0 saturated heterocycles. The summed E-state index contributed by atoms with van der Waals surface area (Å²) in [5.41, 5.74) is 14.3. The summed E-state index contributed by atoms with van der Waals surface area (Å²) in [4.78, 5) is 18.9. The zero-order valence-corrected chi connectivity index (χ0v) is 30.9. The average molecular weight is 727 g/mol. The fourth-order valence-corrected chi connectivity index (χ4v) is 8.36. The normalized spacial score (nSPS) is 12.3. The zero-order valence-electron chi connectivity index (χ0n) is 30.9. The van der Waals surface area contributed by atoms with Crippen molar-refractivity contribution in [1.82, 2.24) is 15.0 Å². The molecule has 0 amide bonds. The molecule has 0 fully saturated rings. The van der Waals surface area contributed by atoms with Gasteiger partial charge in [0.1, 0.15) is 0 Å². The first-order valence-corrected chi connectivity index (χ1v) is 19.1. The molecule has 0 saturated carbocycles. The SMILES string of the molecule is [C-]#[N+]c1ccc2c(c1)C(c1ccccc1)(c1ccccc1)c1ccc(-c3ccc(-c4nc(-c5ccccc5)nc(-c5cccc(-c6ccccc6)c5)n4)cc3)cc1-2. The summed E-state index contributed by atoms with van der Waals surface area (Å²) in [6, 6.07) is 71.6.